The van der Waals surface area contributed by atoms with Crippen LogP contribution in [0.4, 0.5) is 0 Å². The first-order valence-corrected chi connectivity index (χ1v) is 5.00. The van der Waals surface area contributed by atoms with E-state index in [1.165, 1.54) is 7.11 Å². The van der Waals surface area contributed by atoms with Gasteiger partial charge in [-0.1, -0.05) is 0 Å². The molecule has 0 aromatic rings. The highest BCUT2D eigenvalue weighted by Gasteiger charge is 2.44. The lowest BCUT2D eigenvalue weighted by molar-refractivity contribution is -0.300. The van der Waals surface area contributed by atoms with Gasteiger partial charge in [0, 0.05) is 0 Å². The van der Waals surface area contributed by atoms with Crippen molar-refractivity contribution >= 4 is 5.97 Å². The molecule has 0 saturated carbocycles. The van der Waals surface area contributed by atoms with E-state index >= 15 is 0 Å². The van der Waals surface area contributed by atoms with Crippen LogP contribution in [0.25, 0.3) is 0 Å². The van der Waals surface area contributed by atoms with E-state index in [1.807, 2.05) is 0 Å². The van der Waals surface area contributed by atoms with Crippen molar-refractivity contribution in [2.45, 2.75) is 30.7 Å². The Morgan fingerprint density at radius 2 is 1.88 bits per heavy atom. The SMILES string of the molecule is COC(=O)COC1OC(CO)[C@H](O)[C@H](O)C1O. The summed E-state index contributed by atoms with van der Waals surface area (Å²) in [7, 11) is 1.17. The lowest BCUT2D eigenvalue weighted by atomic mass is 9.99. The fourth-order valence-electron chi connectivity index (χ4n) is 1.41. The van der Waals surface area contributed by atoms with Gasteiger partial charge < -0.3 is 34.6 Å². The summed E-state index contributed by atoms with van der Waals surface area (Å²) in [6.45, 7) is -1.03. The van der Waals surface area contributed by atoms with Gasteiger partial charge in [0.1, 0.15) is 31.0 Å². The smallest absolute Gasteiger partial charge is 0.331 e. The predicted octanol–water partition coefficient (Wildman–Crippen LogP) is -3.02. The Hall–Kier alpha value is -0.770. The summed E-state index contributed by atoms with van der Waals surface area (Å²) in [5.74, 6) is -0.679. The molecule has 1 rings (SSSR count). The molecule has 1 aliphatic rings. The van der Waals surface area contributed by atoms with E-state index in [9.17, 15) is 20.1 Å². The minimum absolute atomic E-state index is 0.473. The zero-order chi connectivity index (χ0) is 13.0. The molecule has 0 aromatic carbocycles. The van der Waals surface area contributed by atoms with Gasteiger partial charge in [0.25, 0.3) is 0 Å². The molecule has 3 unspecified atom stereocenters. The van der Waals surface area contributed by atoms with E-state index in [0.717, 1.165) is 0 Å². The third kappa shape index (κ3) is 3.35. The zero-order valence-electron chi connectivity index (χ0n) is 9.22. The predicted molar refractivity (Wildman–Crippen MR) is 51.7 cm³/mol. The fraction of sp³-hybridized carbons (Fsp3) is 0.889. The monoisotopic (exact) mass is 252 g/mol. The highest BCUT2D eigenvalue weighted by atomic mass is 16.7. The molecule has 5 atom stereocenters. The number of carbonyl (C=O) groups is 1. The molecule has 1 aliphatic heterocycles. The molecule has 1 fully saturated rings. The molecule has 0 radical (unpaired) electrons. The van der Waals surface area contributed by atoms with Gasteiger partial charge in [0.15, 0.2) is 6.29 Å². The summed E-state index contributed by atoms with van der Waals surface area (Å²) in [6.07, 6.45) is -6.87. The fourth-order valence-corrected chi connectivity index (χ4v) is 1.41. The van der Waals surface area contributed by atoms with Crippen molar-refractivity contribution in [3.05, 3.63) is 0 Å². The Morgan fingerprint density at radius 1 is 1.24 bits per heavy atom. The number of aliphatic hydroxyl groups excluding tert-OH is 4. The van der Waals surface area contributed by atoms with Crippen LogP contribution in [0.2, 0.25) is 0 Å². The molecule has 1 heterocycles. The van der Waals surface area contributed by atoms with E-state index in [2.05, 4.69) is 4.74 Å². The van der Waals surface area contributed by atoms with E-state index < -0.39 is 49.9 Å². The van der Waals surface area contributed by atoms with Crippen LogP contribution in [-0.2, 0) is 19.0 Å². The molecular weight excluding hydrogens is 236 g/mol. The summed E-state index contributed by atoms with van der Waals surface area (Å²) >= 11 is 0. The van der Waals surface area contributed by atoms with E-state index in [-0.39, 0.29) is 0 Å². The molecule has 0 amide bonds. The standard InChI is InChI=1S/C9H16O8/c1-15-5(11)3-16-9-8(14)7(13)6(12)4(2-10)17-9/h4,6-10,12-14H,2-3H2,1H3/t4?,6-,7-,8?,9?/m0/s1. The van der Waals surface area contributed by atoms with Crippen LogP contribution in [0, 0.1) is 0 Å². The summed E-state index contributed by atoms with van der Waals surface area (Å²) < 4.78 is 14.2. The summed E-state index contributed by atoms with van der Waals surface area (Å²) in [6, 6.07) is 0. The van der Waals surface area contributed by atoms with Gasteiger partial charge in [0.05, 0.1) is 13.7 Å². The van der Waals surface area contributed by atoms with Crippen molar-refractivity contribution in [3.8, 4) is 0 Å². The first-order valence-electron chi connectivity index (χ1n) is 5.00. The normalized spacial score (nSPS) is 37.8. The molecule has 17 heavy (non-hydrogen) atoms. The highest BCUT2D eigenvalue weighted by molar-refractivity contribution is 5.70. The molecule has 100 valence electrons. The van der Waals surface area contributed by atoms with Crippen molar-refractivity contribution in [1.29, 1.82) is 0 Å². The molecule has 8 nitrogen and oxygen atoms in total. The average molecular weight is 252 g/mol. The van der Waals surface area contributed by atoms with Crippen molar-refractivity contribution < 1.29 is 39.4 Å². The topological polar surface area (TPSA) is 126 Å². The second kappa shape index (κ2) is 6.24. The number of aliphatic hydroxyl groups is 4. The van der Waals surface area contributed by atoms with Crippen LogP contribution < -0.4 is 0 Å². The second-order valence-corrected chi connectivity index (χ2v) is 3.58. The van der Waals surface area contributed by atoms with Gasteiger partial charge in [-0.05, 0) is 0 Å². The third-order valence-electron chi connectivity index (χ3n) is 2.44. The minimum Gasteiger partial charge on any atom is -0.467 e. The summed E-state index contributed by atoms with van der Waals surface area (Å²) in [4.78, 5) is 10.8. The van der Waals surface area contributed by atoms with Crippen LogP contribution in [0.15, 0.2) is 0 Å². The minimum atomic E-state index is -1.52. The number of carbonyl (C=O) groups excluding carboxylic acids is 1. The van der Waals surface area contributed by atoms with Gasteiger partial charge in [0.2, 0.25) is 0 Å². The van der Waals surface area contributed by atoms with Crippen LogP contribution in [0.1, 0.15) is 0 Å². The van der Waals surface area contributed by atoms with Gasteiger partial charge in [-0.15, -0.1) is 0 Å². The van der Waals surface area contributed by atoms with Gasteiger partial charge in [-0.25, -0.2) is 4.79 Å². The Kier molecular flexibility index (Phi) is 5.25. The van der Waals surface area contributed by atoms with Gasteiger partial charge in [-0.2, -0.15) is 0 Å². The second-order valence-electron chi connectivity index (χ2n) is 3.58. The van der Waals surface area contributed by atoms with Crippen LogP contribution >= 0.6 is 0 Å². The Morgan fingerprint density at radius 3 is 2.41 bits per heavy atom. The Bertz CT molecular complexity index is 255. The zero-order valence-corrected chi connectivity index (χ0v) is 9.22. The van der Waals surface area contributed by atoms with E-state index in [4.69, 9.17) is 14.6 Å². The molecule has 0 spiro atoms. The van der Waals surface area contributed by atoms with Gasteiger partial charge in [-0.3, -0.25) is 0 Å². The first kappa shape index (κ1) is 14.3. The molecule has 1 saturated heterocycles. The number of rotatable bonds is 4. The number of esters is 1. The Balaban J connectivity index is 2.56. The summed E-state index contributed by atoms with van der Waals surface area (Å²) in [5, 5.41) is 37.3. The van der Waals surface area contributed by atoms with Crippen molar-refractivity contribution in [3.63, 3.8) is 0 Å². The molecule has 8 heteroatoms. The van der Waals surface area contributed by atoms with Crippen molar-refractivity contribution in [1.82, 2.24) is 0 Å². The van der Waals surface area contributed by atoms with Crippen LogP contribution in [0.3, 0.4) is 0 Å². The Labute approximate surface area is 97.3 Å². The molecular formula is C9H16O8. The molecule has 4 N–H and O–H groups in total. The van der Waals surface area contributed by atoms with Crippen LogP contribution in [-0.4, -0.2) is 77.4 Å². The van der Waals surface area contributed by atoms with E-state index in [0.29, 0.717) is 0 Å². The average Bonchev–Trinajstić information content (AvgIpc) is 2.34. The van der Waals surface area contributed by atoms with Crippen molar-refractivity contribution in [2.75, 3.05) is 20.3 Å². The quantitative estimate of drug-likeness (QED) is 0.389. The first-order chi connectivity index (χ1) is 8.01. The largest absolute Gasteiger partial charge is 0.467 e. The molecule has 0 bridgehead atoms. The lowest BCUT2D eigenvalue weighted by Gasteiger charge is -2.39. The van der Waals surface area contributed by atoms with E-state index in [1.54, 1.807) is 0 Å². The van der Waals surface area contributed by atoms with Gasteiger partial charge >= 0.3 is 5.97 Å². The maximum absolute atomic E-state index is 10.8. The number of ether oxygens (including phenoxy) is 3. The van der Waals surface area contributed by atoms with Crippen LogP contribution in [0.5, 0.6) is 0 Å². The lowest BCUT2D eigenvalue weighted by Crippen LogP contribution is -2.59. The molecule has 0 aromatic heterocycles. The number of methoxy groups -OCH3 is 1. The maximum atomic E-state index is 10.8. The number of hydrogen-bond donors (Lipinski definition) is 4. The number of hydrogen-bond acceptors (Lipinski definition) is 8. The highest BCUT2D eigenvalue weighted by Crippen LogP contribution is 2.21. The maximum Gasteiger partial charge on any atom is 0.331 e. The third-order valence-corrected chi connectivity index (χ3v) is 2.44. The summed E-state index contributed by atoms with van der Waals surface area (Å²) in [5.41, 5.74) is 0. The van der Waals surface area contributed by atoms with Crippen molar-refractivity contribution in [2.24, 2.45) is 0 Å². The molecule has 0 aliphatic carbocycles.